The molecule has 0 bridgehead atoms. The van der Waals surface area contributed by atoms with Crippen molar-refractivity contribution in [2.45, 2.75) is 26.2 Å². The molecule has 1 aliphatic carbocycles. The van der Waals surface area contributed by atoms with E-state index in [2.05, 4.69) is 14.0 Å². The van der Waals surface area contributed by atoms with E-state index >= 15 is 0 Å². The first-order chi connectivity index (χ1) is 7.15. The minimum absolute atomic E-state index is 0.0809. The van der Waals surface area contributed by atoms with E-state index in [1.54, 1.807) is 6.08 Å². The zero-order chi connectivity index (χ0) is 11.3. The third-order valence-electron chi connectivity index (χ3n) is 2.85. The Hall–Kier alpha value is 0.280. The fraction of sp³-hybridized carbons (Fsp3) is 0.800. The summed E-state index contributed by atoms with van der Waals surface area (Å²) in [4.78, 5) is 0. The van der Waals surface area contributed by atoms with Crippen molar-refractivity contribution >= 4 is 20.6 Å². The van der Waals surface area contributed by atoms with E-state index in [1.807, 2.05) is 7.05 Å². The van der Waals surface area contributed by atoms with Crippen molar-refractivity contribution in [1.29, 1.82) is 0 Å². The Morgan fingerprint density at radius 2 is 2.47 bits per heavy atom. The third-order valence-corrected chi connectivity index (χ3v) is 5.27. The number of rotatable bonds is 5. The first-order valence-corrected chi connectivity index (χ1v) is 8.75. The maximum atomic E-state index is 13.5. The first-order valence-electron chi connectivity index (χ1n) is 5.35. The summed E-state index contributed by atoms with van der Waals surface area (Å²) in [6, 6.07) is 0. The van der Waals surface area contributed by atoms with Gasteiger partial charge in [-0.1, -0.05) is 0 Å². The molecule has 3 nitrogen and oxygen atoms in total. The van der Waals surface area contributed by atoms with Crippen molar-refractivity contribution in [3.05, 3.63) is 11.9 Å². The molecule has 0 aromatic carbocycles. The number of hydrogen-bond donors (Lipinski definition) is 3. The van der Waals surface area contributed by atoms with Gasteiger partial charge in [0.15, 0.2) is 0 Å². The van der Waals surface area contributed by atoms with Gasteiger partial charge in [0.1, 0.15) is 0 Å². The van der Waals surface area contributed by atoms with Gasteiger partial charge in [0, 0.05) is 0 Å². The van der Waals surface area contributed by atoms with Crippen LogP contribution in [0.15, 0.2) is 11.9 Å². The van der Waals surface area contributed by atoms with Gasteiger partial charge in [0.25, 0.3) is 0 Å². The van der Waals surface area contributed by atoms with Gasteiger partial charge in [-0.25, -0.2) is 0 Å². The molecule has 0 saturated carbocycles. The number of nitrogens with two attached hydrogens (primary N) is 1. The Morgan fingerprint density at radius 1 is 1.73 bits per heavy atom. The van der Waals surface area contributed by atoms with E-state index in [0.29, 0.717) is 5.92 Å². The van der Waals surface area contributed by atoms with Gasteiger partial charge in [-0.3, -0.25) is 0 Å². The third kappa shape index (κ3) is 4.34. The second-order valence-corrected chi connectivity index (χ2v) is 7.57. The van der Waals surface area contributed by atoms with E-state index in [4.69, 9.17) is 3.95 Å². The molecular formula is C10H21FIN3. The van der Waals surface area contributed by atoms with Gasteiger partial charge in [-0.05, 0) is 0 Å². The van der Waals surface area contributed by atoms with Crippen molar-refractivity contribution in [2.75, 3.05) is 13.6 Å². The second kappa shape index (κ2) is 6.78. The van der Waals surface area contributed by atoms with E-state index in [0.717, 1.165) is 25.8 Å². The predicted octanol–water partition coefficient (Wildman–Crippen LogP) is 2.30. The summed E-state index contributed by atoms with van der Waals surface area (Å²) in [5.41, 5.74) is 0. The fourth-order valence-electron chi connectivity index (χ4n) is 1.84. The Labute approximate surface area is 99.5 Å². The summed E-state index contributed by atoms with van der Waals surface area (Å²) in [6.07, 6.45) is 4.72. The first kappa shape index (κ1) is 13.3. The minimum atomic E-state index is -1.61. The molecule has 4 N–H and O–H groups in total. The second-order valence-electron chi connectivity index (χ2n) is 3.94. The molecule has 1 rings (SSSR count). The van der Waals surface area contributed by atoms with Crippen LogP contribution >= 0.6 is 20.6 Å². The van der Waals surface area contributed by atoms with Crippen LogP contribution in [0, 0.1) is 11.8 Å². The average molecular weight is 329 g/mol. The number of nitrogens with one attached hydrogen (secondary N) is 2. The zero-order valence-electron chi connectivity index (χ0n) is 9.39. The summed E-state index contributed by atoms with van der Waals surface area (Å²) >= 11 is -1.61. The Kier molecular flexibility index (Phi) is 6.03. The van der Waals surface area contributed by atoms with Crippen LogP contribution in [-0.4, -0.2) is 13.6 Å². The van der Waals surface area contributed by atoms with E-state index in [9.17, 15) is 4.39 Å². The van der Waals surface area contributed by atoms with Crippen LogP contribution in [0.4, 0.5) is 4.39 Å². The molecule has 15 heavy (non-hydrogen) atoms. The van der Waals surface area contributed by atoms with Gasteiger partial charge in [-0.2, -0.15) is 0 Å². The molecule has 2 unspecified atom stereocenters. The van der Waals surface area contributed by atoms with Crippen molar-refractivity contribution in [1.82, 2.24) is 7.06 Å². The molecule has 0 radical (unpaired) electrons. The maximum absolute atomic E-state index is 13.5. The quantitative estimate of drug-likeness (QED) is 0.536. The van der Waals surface area contributed by atoms with Gasteiger partial charge in [0.2, 0.25) is 0 Å². The topological polar surface area (TPSA) is 50.1 Å². The molecule has 2 atom stereocenters. The van der Waals surface area contributed by atoms with E-state index < -0.39 is 20.6 Å². The van der Waals surface area contributed by atoms with Crippen LogP contribution in [0.1, 0.15) is 26.2 Å². The van der Waals surface area contributed by atoms with Gasteiger partial charge in [0.05, 0.1) is 0 Å². The normalized spacial score (nSPS) is 24.7. The van der Waals surface area contributed by atoms with Crippen molar-refractivity contribution < 1.29 is 4.39 Å². The molecule has 0 aromatic heterocycles. The summed E-state index contributed by atoms with van der Waals surface area (Å²) in [5.74, 6) is 0.517. The Balaban J connectivity index is 2.35. The van der Waals surface area contributed by atoms with E-state index in [-0.39, 0.29) is 11.7 Å². The van der Waals surface area contributed by atoms with Crippen LogP contribution in [-0.2, 0) is 0 Å². The number of halogens is 2. The molecular weight excluding hydrogens is 308 g/mol. The summed E-state index contributed by atoms with van der Waals surface area (Å²) in [6.45, 7) is 2.91. The SMILES string of the molecule is CNI(N)NCC(C)C1CCCC=C1F. The Morgan fingerprint density at radius 3 is 3.07 bits per heavy atom. The average Bonchev–Trinajstić information content (AvgIpc) is 2.26. The van der Waals surface area contributed by atoms with E-state index in [1.165, 1.54) is 0 Å². The molecule has 90 valence electrons. The molecule has 0 heterocycles. The number of hydrogen-bond acceptors (Lipinski definition) is 3. The van der Waals surface area contributed by atoms with Gasteiger partial charge in [-0.15, -0.1) is 0 Å². The monoisotopic (exact) mass is 329 g/mol. The molecule has 0 aliphatic heterocycles. The summed E-state index contributed by atoms with van der Waals surface area (Å²) < 4.78 is 25.6. The summed E-state index contributed by atoms with van der Waals surface area (Å²) in [5, 5.41) is 0. The van der Waals surface area contributed by atoms with Crippen molar-refractivity contribution in [3.8, 4) is 0 Å². The van der Waals surface area contributed by atoms with Crippen LogP contribution in [0.5, 0.6) is 0 Å². The van der Waals surface area contributed by atoms with Crippen LogP contribution in [0.3, 0.4) is 0 Å². The molecule has 1 aliphatic rings. The predicted molar refractivity (Wildman–Crippen MR) is 71.0 cm³/mol. The molecule has 0 aromatic rings. The molecule has 0 saturated heterocycles. The number of allylic oxidation sites excluding steroid dienone is 2. The standard InChI is InChI=1S/C10H21FIN3/c1-8(7-15-12(13)14-2)9-5-3-4-6-10(9)11/h6,8-9,14-15H,3-5,7,13H2,1-2H3. The molecule has 0 spiro atoms. The zero-order valence-corrected chi connectivity index (χ0v) is 11.6. The van der Waals surface area contributed by atoms with Gasteiger partial charge < -0.3 is 0 Å². The molecule has 0 fully saturated rings. The van der Waals surface area contributed by atoms with Crippen LogP contribution < -0.4 is 11.0 Å². The van der Waals surface area contributed by atoms with Crippen LogP contribution in [0.2, 0.25) is 0 Å². The molecule has 0 amide bonds. The fourth-order valence-corrected chi connectivity index (χ4v) is 3.39. The Bertz CT molecular complexity index is 223. The summed E-state index contributed by atoms with van der Waals surface area (Å²) in [7, 11) is 1.86. The van der Waals surface area contributed by atoms with Crippen molar-refractivity contribution in [2.24, 2.45) is 15.8 Å². The molecule has 5 heteroatoms. The van der Waals surface area contributed by atoms with Crippen molar-refractivity contribution in [3.63, 3.8) is 0 Å². The van der Waals surface area contributed by atoms with Gasteiger partial charge >= 0.3 is 99.6 Å². The van der Waals surface area contributed by atoms with Crippen LogP contribution in [0.25, 0.3) is 0 Å².